The molecule has 0 bridgehead atoms. The van der Waals surface area contributed by atoms with Crippen molar-refractivity contribution in [1.29, 1.82) is 5.26 Å². The van der Waals surface area contributed by atoms with E-state index in [4.69, 9.17) is 9.72 Å². The lowest BCUT2D eigenvalue weighted by Gasteiger charge is -2.17. The Morgan fingerprint density at radius 2 is 1.91 bits per heavy atom. The molecule has 1 aliphatic rings. The molecule has 0 fully saturated rings. The van der Waals surface area contributed by atoms with Crippen LogP contribution in [0, 0.1) is 18.3 Å². The van der Waals surface area contributed by atoms with Crippen LogP contribution in [0.1, 0.15) is 98.1 Å². The molecule has 1 atom stereocenters. The highest BCUT2D eigenvalue weighted by Gasteiger charge is 2.18. The number of ether oxygens (including phenoxy) is 1. The van der Waals surface area contributed by atoms with Crippen LogP contribution in [0.4, 0.5) is 0 Å². The summed E-state index contributed by atoms with van der Waals surface area (Å²) >= 11 is 0. The van der Waals surface area contributed by atoms with Crippen LogP contribution in [0.3, 0.4) is 0 Å². The van der Waals surface area contributed by atoms with Crippen LogP contribution in [0.25, 0.3) is 0 Å². The molecule has 0 radical (unpaired) electrons. The Kier molecular flexibility index (Phi) is 9.15. The zero-order valence-corrected chi connectivity index (χ0v) is 19.4. The molecule has 32 heavy (non-hydrogen) atoms. The van der Waals surface area contributed by atoms with Gasteiger partial charge in [0.2, 0.25) is 0 Å². The molecule has 6 nitrogen and oxygen atoms in total. The van der Waals surface area contributed by atoms with E-state index in [1.807, 2.05) is 26.2 Å². The van der Waals surface area contributed by atoms with Crippen molar-refractivity contribution in [3.63, 3.8) is 0 Å². The second-order valence-corrected chi connectivity index (χ2v) is 8.63. The number of nitriles is 1. The van der Waals surface area contributed by atoms with Crippen LogP contribution >= 0.6 is 0 Å². The predicted octanol–water partition coefficient (Wildman–Crippen LogP) is 5.16. The fraction of sp³-hybridized carbons (Fsp3) is 0.577. The lowest BCUT2D eigenvalue weighted by atomic mass is 9.91. The van der Waals surface area contributed by atoms with E-state index in [9.17, 15) is 10.1 Å². The van der Waals surface area contributed by atoms with Gasteiger partial charge in [-0.1, -0.05) is 19.3 Å². The first kappa shape index (κ1) is 23.8. The quantitative estimate of drug-likeness (QED) is 0.358. The van der Waals surface area contributed by atoms with Crippen molar-refractivity contribution < 1.29 is 9.53 Å². The fourth-order valence-electron chi connectivity index (χ4n) is 4.42. The zero-order valence-electron chi connectivity index (χ0n) is 19.4. The minimum Gasteiger partial charge on any atom is -0.466 e. The Morgan fingerprint density at radius 1 is 1.16 bits per heavy atom. The van der Waals surface area contributed by atoms with Gasteiger partial charge in [-0.05, 0) is 81.9 Å². The first-order valence-corrected chi connectivity index (χ1v) is 12.0. The second kappa shape index (κ2) is 12.3. The van der Waals surface area contributed by atoms with Crippen molar-refractivity contribution in [2.45, 2.75) is 90.4 Å². The maximum atomic E-state index is 12.1. The highest BCUT2D eigenvalue weighted by molar-refractivity contribution is 5.70. The van der Waals surface area contributed by atoms with Gasteiger partial charge < -0.3 is 4.74 Å². The molecule has 0 aromatic carbocycles. The Morgan fingerprint density at radius 3 is 2.66 bits per heavy atom. The first-order valence-electron chi connectivity index (χ1n) is 12.0. The summed E-state index contributed by atoms with van der Waals surface area (Å²) in [4.78, 5) is 25.5. The molecule has 1 aliphatic carbocycles. The largest absolute Gasteiger partial charge is 0.466 e. The highest BCUT2D eigenvalue weighted by Crippen LogP contribution is 2.27. The van der Waals surface area contributed by atoms with Crippen molar-refractivity contribution in [3.05, 3.63) is 52.4 Å². The third kappa shape index (κ3) is 6.85. The SMILES string of the molecule is CCOC(=O)C[C@H](CCCCCCc1nc2c(cc1C#N)CCCC2)c1cnc(C)nc1. The van der Waals surface area contributed by atoms with Gasteiger partial charge in [0.25, 0.3) is 0 Å². The van der Waals surface area contributed by atoms with Gasteiger partial charge in [0.15, 0.2) is 0 Å². The van der Waals surface area contributed by atoms with Gasteiger partial charge >= 0.3 is 5.97 Å². The first-order chi connectivity index (χ1) is 15.6. The number of nitrogens with zero attached hydrogens (tertiary/aromatic N) is 4. The van der Waals surface area contributed by atoms with Crippen LogP contribution in [0.15, 0.2) is 18.5 Å². The van der Waals surface area contributed by atoms with Gasteiger partial charge in [0, 0.05) is 18.1 Å². The molecule has 2 aromatic rings. The number of carbonyl (C=O) groups excluding carboxylic acids is 1. The average Bonchev–Trinajstić information content (AvgIpc) is 2.80. The van der Waals surface area contributed by atoms with Crippen molar-refractivity contribution >= 4 is 5.97 Å². The van der Waals surface area contributed by atoms with E-state index >= 15 is 0 Å². The number of aromatic nitrogens is 3. The molecule has 0 saturated carbocycles. The van der Waals surface area contributed by atoms with E-state index in [0.717, 1.165) is 74.0 Å². The Bertz CT molecular complexity index is 934. The normalized spacial score (nSPS) is 13.8. The maximum Gasteiger partial charge on any atom is 0.306 e. The van der Waals surface area contributed by atoms with E-state index in [1.54, 1.807) is 0 Å². The number of aryl methyl sites for hydroxylation is 4. The number of unbranched alkanes of at least 4 members (excludes halogenated alkanes) is 3. The minimum absolute atomic E-state index is 0.0853. The summed E-state index contributed by atoms with van der Waals surface area (Å²) in [5.74, 6) is 0.652. The molecule has 0 amide bonds. The van der Waals surface area contributed by atoms with Gasteiger partial charge in [0.05, 0.1) is 24.3 Å². The number of esters is 1. The summed E-state index contributed by atoms with van der Waals surface area (Å²) in [6, 6.07) is 4.42. The summed E-state index contributed by atoms with van der Waals surface area (Å²) < 4.78 is 5.16. The van der Waals surface area contributed by atoms with Gasteiger partial charge in [-0.15, -0.1) is 0 Å². The molecular formula is C26H34N4O2. The number of rotatable bonds is 11. The van der Waals surface area contributed by atoms with Crippen molar-refractivity contribution in [3.8, 4) is 6.07 Å². The Labute approximate surface area is 191 Å². The lowest BCUT2D eigenvalue weighted by Crippen LogP contribution is -2.11. The molecule has 2 aromatic heterocycles. The summed E-state index contributed by atoms with van der Waals surface area (Å²) in [5, 5.41) is 9.52. The zero-order chi connectivity index (χ0) is 22.8. The number of hydrogen-bond donors (Lipinski definition) is 0. The van der Waals surface area contributed by atoms with Crippen LogP contribution < -0.4 is 0 Å². The molecule has 2 heterocycles. The van der Waals surface area contributed by atoms with E-state index < -0.39 is 0 Å². The number of hydrogen-bond acceptors (Lipinski definition) is 6. The lowest BCUT2D eigenvalue weighted by molar-refractivity contribution is -0.143. The molecule has 0 N–H and O–H groups in total. The van der Waals surface area contributed by atoms with Crippen LogP contribution in [0.5, 0.6) is 0 Å². The highest BCUT2D eigenvalue weighted by atomic mass is 16.5. The van der Waals surface area contributed by atoms with Gasteiger partial charge in [-0.25, -0.2) is 9.97 Å². The van der Waals surface area contributed by atoms with Crippen LogP contribution in [-0.4, -0.2) is 27.5 Å². The summed E-state index contributed by atoms with van der Waals surface area (Å²) in [6.45, 7) is 4.09. The summed E-state index contributed by atoms with van der Waals surface area (Å²) in [6.07, 6.45) is 14.5. The number of fused-ring (bicyclic) bond motifs is 1. The van der Waals surface area contributed by atoms with E-state index in [2.05, 4.69) is 22.1 Å². The smallest absolute Gasteiger partial charge is 0.306 e. The van der Waals surface area contributed by atoms with Crippen LogP contribution in [-0.2, 0) is 28.8 Å². The molecule has 0 aliphatic heterocycles. The monoisotopic (exact) mass is 434 g/mol. The predicted molar refractivity (Wildman–Crippen MR) is 123 cm³/mol. The molecule has 0 saturated heterocycles. The van der Waals surface area contributed by atoms with E-state index in [0.29, 0.717) is 13.0 Å². The van der Waals surface area contributed by atoms with E-state index in [-0.39, 0.29) is 11.9 Å². The third-order valence-corrected chi connectivity index (χ3v) is 6.21. The van der Waals surface area contributed by atoms with Crippen molar-refractivity contribution in [2.75, 3.05) is 6.61 Å². The molecule has 0 spiro atoms. The van der Waals surface area contributed by atoms with E-state index in [1.165, 1.54) is 24.1 Å². The van der Waals surface area contributed by atoms with Crippen LogP contribution in [0.2, 0.25) is 0 Å². The van der Waals surface area contributed by atoms with Gasteiger partial charge in [-0.3, -0.25) is 9.78 Å². The maximum absolute atomic E-state index is 12.1. The topological polar surface area (TPSA) is 88.8 Å². The number of carbonyl (C=O) groups is 1. The molecule has 0 unspecified atom stereocenters. The summed E-state index contributed by atoms with van der Waals surface area (Å²) in [5.41, 5.74) is 5.18. The Balaban J connectivity index is 1.48. The number of pyridine rings is 1. The fourth-order valence-corrected chi connectivity index (χ4v) is 4.42. The van der Waals surface area contributed by atoms with Gasteiger partial charge in [0.1, 0.15) is 11.9 Å². The molecule has 170 valence electrons. The Hall–Kier alpha value is -2.81. The summed E-state index contributed by atoms with van der Waals surface area (Å²) in [7, 11) is 0. The minimum atomic E-state index is -0.166. The molecule has 6 heteroatoms. The standard InChI is InChI=1S/C26H34N4O2/c1-3-32-26(31)15-20(23-17-28-19(2)29-18-23)10-6-4-5-7-12-25-22(16-27)14-21-11-8-9-13-24(21)30-25/h14,17-18,20H,3-13,15H2,1-2H3/t20-/m0/s1. The van der Waals surface area contributed by atoms with Crippen molar-refractivity contribution in [2.24, 2.45) is 0 Å². The second-order valence-electron chi connectivity index (χ2n) is 8.63. The average molecular weight is 435 g/mol. The molecular weight excluding hydrogens is 400 g/mol. The molecule has 3 rings (SSSR count). The van der Waals surface area contributed by atoms with Gasteiger partial charge in [-0.2, -0.15) is 5.26 Å². The van der Waals surface area contributed by atoms with Crippen molar-refractivity contribution in [1.82, 2.24) is 15.0 Å². The third-order valence-electron chi connectivity index (χ3n) is 6.21.